The van der Waals surface area contributed by atoms with Gasteiger partial charge in [0.25, 0.3) is 0 Å². The Bertz CT molecular complexity index is 1140. The van der Waals surface area contributed by atoms with E-state index in [4.69, 9.17) is 0 Å². The second-order valence-electron chi connectivity index (χ2n) is 7.95. The van der Waals surface area contributed by atoms with Crippen molar-refractivity contribution in [1.29, 1.82) is 0 Å². The fourth-order valence-electron chi connectivity index (χ4n) is 4.04. The molecule has 0 aliphatic heterocycles. The lowest BCUT2D eigenvalue weighted by molar-refractivity contribution is 0.108. The molecule has 152 valence electrons. The second-order valence-corrected chi connectivity index (χ2v) is 7.95. The summed E-state index contributed by atoms with van der Waals surface area (Å²) in [4.78, 5) is 9.19. The Balaban J connectivity index is 1.35. The van der Waals surface area contributed by atoms with Gasteiger partial charge in [0.15, 0.2) is 5.82 Å². The van der Waals surface area contributed by atoms with Crippen LogP contribution in [0.4, 0.5) is 0 Å². The Morgan fingerprint density at radius 3 is 2.23 bits per heavy atom. The number of aliphatic hydroxyl groups excluding tert-OH is 1. The Hall–Kier alpha value is -3.32. The fraction of sp³-hybridized carbons (Fsp3) is 0.304. The first kappa shape index (κ1) is 18.7. The van der Waals surface area contributed by atoms with Gasteiger partial charge in [-0.15, -0.1) is 0 Å². The highest BCUT2D eigenvalue weighted by Gasteiger charge is 2.21. The summed E-state index contributed by atoms with van der Waals surface area (Å²) in [5.74, 6) is 0.693. The molecule has 0 atom stereocenters. The summed E-state index contributed by atoms with van der Waals surface area (Å²) in [5.41, 5.74) is 5.09. The van der Waals surface area contributed by atoms with E-state index >= 15 is 0 Å². The molecule has 30 heavy (non-hydrogen) atoms. The first-order valence-electron chi connectivity index (χ1n) is 10.3. The summed E-state index contributed by atoms with van der Waals surface area (Å²) in [6.07, 6.45) is 14.9. The van der Waals surface area contributed by atoms with Gasteiger partial charge in [0.2, 0.25) is 0 Å². The molecule has 5 rings (SSSR count). The summed E-state index contributed by atoms with van der Waals surface area (Å²) < 4.78 is 3.81. The molecule has 0 spiro atoms. The molecule has 0 bridgehead atoms. The quantitative estimate of drug-likeness (QED) is 0.562. The van der Waals surface area contributed by atoms with E-state index in [1.54, 1.807) is 4.68 Å². The van der Waals surface area contributed by atoms with E-state index in [2.05, 4.69) is 38.5 Å². The third-order valence-corrected chi connectivity index (χ3v) is 5.79. The van der Waals surface area contributed by atoms with Crippen molar-refractivity contribution in [2.45, 2.75) is 37.8 Å². The summed E-state index contributed by atoms with van der Waals surface area (Å²) >= 11 is 0. The number of rotatable bonds is 4. The number of hydrogen-bond donors (Lipinski definition) is 1. The topological polar surface area (TPSA) is 81.7 Å². The number of benzene rings is 1. The maximum absolute atomic E-state index is 9.71. The van der Waals surface area contributed by atoms with Gasteiger partial charge in [0.05, 0.1) is 24.5 Å². The minimum atomic E-state index is -0.158. The van der Waals surface area contributed by atoms with E-state index in [9.17, 15) is 5.11 Å². The van der Waals surface area contributed by atoms with Crippen LogP contribution in [0.3, 0.4) is 0 Å². The highest BCUT2D eigenvalue weighted by atomic mass is 16.3. The predicted molar refractivity (Wildman–Crippen MR) is 114 cm³/mol. The second kappa shape index (κ2) is 7.84. The van der Waals surface area contributed by atoms with E-state index in [0.29, 0.717) is 11.9 Å². The van der Waals surface area contributed by atoms with Crippen LogP contribution >= 0.6 is 0 Å². The Morgan fingerprint density at radius 1 is 0.800 bits per heavy atom. The van der Waals surface area contributed by atoms with Gasteiger partial charge in [-0.1, -0.05) is 18.2 Å². The fourth-order valence-corrected chi connectivity index (χ4v) is 4.04. The molecule has 7 heteroatoms. The molecule has 4 aromatic rings. The molecule has 1 saturated carbocycles. The van der Waals surface area contributed by atoms with Crippen molar-refractivity contribution >= 4 is 0 Å². The van der Waals surface area contributed by atoms with E-state index in [1.807, 2.05) is 54.8 Å². The monoisotopic (exact) mass is 400 g/mol. The average molecular weight is 400 g/mol. The first-order chi connectivity index (χ1) is 14.7. The van der Waals surface area contributed by atoms with Gasteiger partial charge in [-0.2, -0.15) is 10.2 Å². The molecule has 3 heterocycles. The highest BCUT2D eigenvalue weighted by molar-refractivity contribution is 5.70. The largest absolute Gasteiger partial charge is 0.393 e. The minimum absolute atomic E-state index is 0.158. The molecule has 1 N–H and O–H groups in total. The molecule has 0 saturated heterocycles. The first-order valence-corrected chi connectivity index (χ1v) is 10.3. The van der Waals surface area contributed by atoms with Crippen molar-refractivity contribution in [2.75, 3.05) is 0 Å². The van der Waals surface area contributed by atoms with E-state index in [0.717, 1.165) is 53.5 Å². The molecule has 3 aromatic heterocycles. The molecular weight excluding hydrogens is 376 g/mol. The van der Waals surface area contributed by atoms with Crippen molar-refractivity contribution in [2.24, 2.45) is 7.05 Å². The molecule has 1 aliphatic rings. The Morgan fingerprint density at radius 2 is 1.50 bits per heavy atom. The predicted octanol–water partition coefficient (Wildman–Crippen LogP) is 3.88. The molecule has 7 nitrogen and oxygen atoms in total. The summed E-state index contributed by atoms with van der Waals surface area (Å²) in [7, 11) is 1.91. The van der Waals surface area contributed by atoms with Crippen molar-refractivity contribution in [1.82, 2.24) is 29.5 Å². The number of hydrogen-bond acceptors (Lipinski definition) is 5. The van der Waals surface area contributed by atoms with Gasteiger partial charge < -0.3 is 5.11 Å². The minimum Gasteiger partial charge on any atom is -0.393 e. The van der Waals surface area contributed by atoms with Crippen LogP contribution in [-0.4, -0.2) is 40.7 Å². The van der Waals surface area contributed by atoms with Gasteiger partial charge >= 0.3 is 0 Å². The van der Waals surface area contributed by atoms with Crippen LogP contribution in [0.5, 0.6) is 0 Å². The summed E-state index contributed by atoms with van der Waals surface area (Å²) in [5, 5.41) is 18.5. The van der Waals surface area contributed by atoms with Crippen LogP contribution in [0.2, 0.25) is 0 Å². The van der Waals surface area contributed by atoms with Crippen LogP contribution in [0.15, 0.2) is 61.4 Å². The van der Waals surface area contributed by atoms with E-state index < -0.39 is 0 Å². The van der Waals surface area contributed by atoms with Gasteiger partial charge in [0.1, 0.15) is 0 Å². The number of aliphatic hydroxyl groups is 1. The van der Waals surface area contributed by atoms with Gasteiger partial charge in [-0.25, -0.2) is 9.97 Å². The zero-order chi connectivity index (χ0) is 20.5. The van der Waals surface area contributed by atoms with Crippen LogP contribution < -0.4 is 0 Å². The third kappa shape index (κ3) is 3.76. The van der Waals surface area contributed by atoms with Gasteiger partial charge in [-0.05, 0) is 37.3 Å². The Labute approximate surface area is 175 Å². The maximum Gasteiger partial charge on any atom is 0.159 e. The van der Waals surface area contributed by atoms with Crippen LogP contribution in [-0.2, 0) is 7.05 Å². The Kier molecular flexibility index (Phi) is 4.88. The molecule has 0 radical (unpaired) electrons. The van der Waals surface area contributed by atoms with Crippen molar-refractivity contribution in [3.8, 4) is 33.6 Å². The smallest absolute Gasteiger partial charge is 0.159 e. The SMILES string of the molecule is Cn1cc(-c2cccc(-c3ncc(-c4cnn([C@H]5CC[C@@H](O)CC5)c4)cn3)c2)cn1. The van der Waals surface area contributed by atoms with Crippen molar-refractivity contribution in [3.05, 3.63) is 61.4 Å². The normalized spacial score (nSPS) is 19.1. The lowest BCUT2D eigenvalue weighted by atomic mass is 9.93. The zero-order valence-corrected chi connectivity index (χ0v) is 16.9. The van der Waals surface area contributed by atoms with Gasteiger partial charge in [0, 0.05) is 54.1 Å². The van der Waals surface area contributed by atoms with Crippen LogP contribution in [0.25, 0.3) is 33.6 Å². The molecular formula is C23H24N6O. The van der Waals surface area contributed by atoms with Crippen LogP contribution in [0, 0.1) is 0 Å². The number of aromatic nitrogens is 6. The molecule has 0 unspecified atom stereocenters. The zero-order valence-electron chi connectivity index (χ0n) is 16.9. The molecule has 1 aromatic carbocycles. The molecule has 1 fully saturated rings. The average Bonchev–Trinajstić information content (AvgIpc) is 3.44. The van der Waals surface area contributed by atoms with Crippen LogP contribution in [0.1, 0.15) is 31.7 Å². The van der Waals surface area contributed by atoms with Gasteiger partial charge in [-0.3, -0.25) is 9.36 Å². The van der Waals surface area contributed by atoms with E-state index in [-0.39, 0.29) is 6.10 Å². The lowest BCUT2D eigenvalue weighted by Crippen LogP contribution is -2.21. The molecule has 0 amide bonds. The summed E-state index contributed by atoms with van der Waals surface area (Å²) in [6, 6.07) is 8.54. The standard InChI is InChI=1S/C23H24N6O/c1-28-14-19(12-26-28)16-3-2-4-17(9-16)23-24-10-18(11-25-23)20-13-27-29(15-20)21-5-7-22(30)8-6-21/h2-4,9-15,21-22,30H,5-8H2,1H3/t21-,22+. The highest BCUT2D eigenvalue weighted by Crippen LogP contribution is 2.30. The van der Waals surface area contributed by atoms with Crippen molar-refractivity contribution < 1.29 is 5.11 Å². The maximum atomic E-state index is 9.71. The van der Waals surface area contributed by atoms with Crippen molar-refractivity contribution in [3.63, 3.8) is 0 Å². The lowest BCUT2D eigenvalue weighted by Gasteiger charge is -2.25. The number of aryl methyl sites for hydroxylation is 1. The van der Waals surface area contributed by atoms with E-state index in [1.165, 1.54) is 0 Å². The summed E-state index contributed by atoms with van der Waals surface area (Å²) in [6.45, 7) is 0. The third-order valence-electron chi connectivity index (χ3n) is 5.79. The number of nitrogens with zero attached hydrogens (tertiary/aromatic N) is 6. The molecule has 1 aliphatic carbocycles.